The van der Waals surface area contributed by atoms with E-state index in [9.17, 15) is 0 Å². The molecule has 292 valence electrons. The summed E-state index contributed by atoms with van der Waals surface area (Å²) in [4.78, 5) is 0. The molecule has 0 amide bonds. The molecule has 0 radical (unpaired) electrons. The van der Waals surface area contributed by atoms with E-state index >= 15 is 0 Å². The molecule has 0 spiro atoms. The highest BCUT2D eigenvalue weighted by Gasteiger charge is 2.40. The molecule has 0 fully saturated rings. The number of hydrogen-bond acceptors (Lipinski definition) is 3. The van der Waals surface area contributed by atoms with Gasteiger partial charge in [-0.05, 0) is 46.5 Å². The van der Waals surface area contributed by atoms with Crippen molar-refractivity contribution in [1.82, 2.24) is 0 Å². The van der Waals surface area contributed by atoms with Crippen LogP contribution in [0.1, 0.15) is 221 Å². The van der Waals surface area contributed by atoms with E-state index in [2.05, 4.69) is 41.7 Å². The third kappa shape index (κ3) is 32.3. The van der Waals surface area contributed by atoms with Crippen LogP contribution >= 0.6 is 0 Å². The summed E-state index contributed by atoms with van der Waals surface area (Å²) in [7, 11) is -0.0148. The molecule has 0 N–H and O–H groups in total. The lowest BCUT2D eigenvalue weighted by Gasteiger charge is -2.36. The lowest BCUT2D eigenvalue weighted by atomic mass is 10.0. The first kappa shape index (κ1) is 50.5. The average molecular weight is 721 g/mol. The van der Waals surface area contributed by atoms with Crippen molar-refractivity contribution in [3.8, 4) is 0 Å². The summed E-state index contributed by atoms with van der Waals surface area (Å²) < 4.78 is 19.8. The van der Waals surface area contributed by atoms with E-state index in [4.69, 9.17) is 13.3 Å². The van der Waals surface area contributed by atoms with E-state index < -0.39 is 8.80 Å². The number of rotatable bonds is 40. The molecule has 0 saturated heterocycles. The molecule has 6 heteroatoms. The highest BCUT2D eigenvalue weighted by atomic mass is 35.5. The SMILES string of the molecule is CCCCCCCCCCCCCCCC[N+](C)(CCCCCCCCCCCCCCCC)CCC[Si](OCC)(OCC)OCC.[Cl-]. The highest BCUT2D eigenvalue weighted by Crippen LogP contribution is 2.22. The molecule has 0 rings (SSSR count). The summed E-state index contributed by atoms with van der Waals surface area (Å²) in [6.45, 7) is 16.7. The zero-order valence-electron chi connectivity index (χ0n) is 34.0. The lowest BCUT2D eigenvalue weighted by Crippen LogP contribution is -3.00. The van der Waals surface area contributed by atoms with Crippen LogP contribution in [0.5, 0.6) is 0 Å². The quantitative estimate of drug-likeness (QED) is 0.0358. The van der Waals surface area contributed by atoms with Gasteiger partial charge >= 0.3 is 8.80 Å². The van der Waals surface area contributed by atoms with Gasteiger partial charge in [0.2, 0.25) is 0 Å². The maximum atomic E-state index is 6.19. The summed E-state index contributed by atoms with van der Waals surface area (Å²) in [5.41, 5.74) is 0. The predicted molar refractivity (Wildman–Crippen MR) is 211 cm³/mol. The molecule has 0 aliphatic heterocycles. The van der Waals surface area contributed by atoms with Crippen LogP contribution in [0.2, 0.25) is 6.04 Å². The van der Waals surface area contributed by atoms with Gasteiger partial charge in [0.25, 0.3) is 0 Å². The Morgan fingerprint density at radius 3 is 0.812 bits per heavy atom. The van der Waals surface area contributed by atoms with Crippen LogP contribution in [0.25, 0.3) is 0 Å². The Morgan fingerprint density at radius 2 is 0.562 bits per heavy atom. The van der Waals surface area contributed by atoms with E-state index in [0.717, 1.165) is 12.5 Å². The first-order valence-electron chi connectivity index (χ1n) is 21.8. The van der Waals surface area contributed by atoms with Gasteiger partial charge in [-0.2, -0.15) is 0 Å². The molecule has 0 unspecified atom stereocenters. The van der Waals surface area contributed by atoms with Crippen molar-refractivity contribution in [2.24, 2.45) is 0 Å². The van der Waals surface area contributed by atoms with Crippen molar-refractivity contribution in [2.45, 2.75) is 227 Å². The number of unbranched alkanes of at least 4 members (excludes halogenated alkanes) is 26. The Hall–Kier alpha value is 0.347. The van der Waals surface area contributed by atoms with Gasteiger partial charge in [-0.1, -0.05) is 168 Å². The van der Waals surface area contributed by atoms with Gasteiger partial charge < -0.3 is 30.2 Å². The van der Waals surface area contributed by atoms with Crippen molar-refractivity contribution < 1.29 is 30.2 Å². The molecule has 0 atom stereocenters. The predicted octanol–water partition coefficient (Wildman–Crippen LogP) is 10.8. The number of halogens is 1. The molecule has 0 aromatic carbocycles. The lowest BCUT2D eigenvalue weighted by molar-refractivity contribution is -0.910. The van der Waals surface area contributed by atoms with Gasteiger partial charge in [0.1, 0.15) is 0 Å². The van der Waals surface area contributed by atoms with Crippen molar-refractivity contribution in [2.75, 3.05) is 46.5 Å². The van der Waals surface area contributed by atoms with Gasteiger partial charge in [-0.3, -0.25) is 0 Å². The zero-order valence-corrected chi connectivity index (χ0v) is 35.8. The highest BCUT2D eigenvalue weighted by molar-refractivity contribution is 6.60. The average Bonchev–Trinajstić information content (AvgIpc) is 3.05. The summed E-state index contributed by atoms with van der Waals surface area (Å²) in [5, 5.41) is 0. The Balaban J connectivity index is 0. The minimum absolute atomic E-state index is 0. The van der Waals surface area contributed by atoms with Crippen LogP contribution in [0.15, 0.2) is 0 Å². The van der Waals surface area contributed by atoms with Crippen LogP contribution in [-0.2, 0) is 13.3 Å². The maximum absolute atomic E-state index is 6.19. The monoisotopic (exact) mass is 720 g/mol. The molecule has 0 bridgehead atoms. The third-order valence-electron chi connectivity index (χ3n) is 10.4. The van der Waals surface area contributed by atoms with Crippen molar-refractivity contribution >= 4 is 8.80 Å². The van der Waals surface area contributed by atoms with Crippen LogP contribution in [0, 0.1) is 0 Å². The maximum Gasteiger partial charge on any atom is 0.501 e. The van der Waals surface area contributed by atoms with Crippen molar-refractivity contribution in [3.63, 3.8) is 0 Å². The second-order valence-electron chi connectivity index (χ2n) is 15.1. The third-order valence-corrected chi connectivity index (χ3v) is 13.5. The standard InChI is InChI=1S/C42H90NO3Si.ClH/c1-7-12-14-16-18-20-22-24-26-28-30-32-34-36-39-43(6,41-38-42-47(44-9-3,45-10-4)46-11-5)40-37-35-33-31-29-27-25-23-21-19-17-15-13-8-2;/h7-42H2,1-6H3;1H/q+1;/p-1. The van der Waals surface area contributed by atoms with Crippen molar-refractivity contribution in [3.05, 3.63) is 0 Å². The molecular formula is C42H90ClNO3Si. The summed E-state index contributed by atoms with van der Waals surface area (Å²) in [6, 6.07) is 0.952. The van der Waals surface area contributed by atoms with Crippen molar-refractivity contribution in [1.29, 1.82) is 0 Å². The molecule has 0 saturated carbocycles. The van der Waals surface area contributed by atoms with E-state index in [-0.39, 0.29) is 12.4 Å². The van der Waals surface area contributed by atoms with Gasteiger partial charge in [0.15, 0.2) is 0 Å². The number of nitrogens with zero attached hydrogens (tertiary/aromatic N) is 1. The minimum atomic E-state index is -2.55. The first-order chi connectivity index (χ1) is 23.0. The zero-order chi connectivity index (χ0) is 34.6. The number of quaternary nitrogens is 1. The molecule has 0 aliphatic carbocycles. The second kappa shape index (κ2) is 38.6. The largest absolute Gasteiger partial charge is 1.00 e. The van der Waals surface area contributed by atoms with Gasteiger partial charge in [0, 0.05) is 32.3 Å². The van der Waals surface area contributed by atoms with Crippen LogP contribution < -0.4 is 12.4 Å². The summed E-state index contributed by atoms with van der Waals surface area (Å²) >= 11 is 0. The Kier molecular flexibility index (Phi) is 40.5. The molecule has 4 nitrogen and oxygen atoms in total. The van der Waals surface area contributed by atoms with E-state index in [0.29, 0.717) is 19.8 Å². The van der Waals surface area contributed by atoms with E-state index in [1.54, 1.807) is 0 Å². The fourth-order valence-electron chi connectivity index (χ4n) is 7.39. The molecule has 0 aliphatic rings. The van der Waals surface area contributed by atoms with Crippen LogP contribution in [0.4, 0.5) is 0 Å². The molecule has 48 heavy (non-hydrogen) atoms. The van der Waals surface area contributed by atoms with Crippen LogP contribution in [-0.4, -0.2) is 59.8 Å². The fraction of sp³-hybridized carbons (Fsp3) is 1.00. The summed E-state index contributed by atoms with van der Waals surface area (Å²) in [5.74, 6) is 0. The minimum Gasteiger partial charge on any atom is -1.00 e. The smallest absolute Gasteiger partial charge is 0.501 e. The number of hydrogen-bond donors (Lipinski definition) is 0. The summed E-state index contributed by atoms with van der Waals surface area (Å²) in [6.07, 6.45) is 41.2. The second-order valence-corrected chi connectivity index (χ2v) is 17.8. The van der Waals surface area contributed by atoms with E-state index in [1.165, 1.54) is 204 Å². The fourth-order valence-corrected chi connectivity index (χ4v) is 9.98. The van der Waals surface area contributed by atoms with E-state index in [1.807, 2.05) is 0 Å². The Labute approximate surface area is 311 Å². The Bertz CT molecular complexity index is 562. The van der Waals surface area contributed by atoms with Gasteiger partial charge in [-0.15, -0.1) is 0 Å². The van der Waals surface area contributed by atoms with Gasteiger partial charge in [-0.25, -0.2) is 0 Å². The molecule has 0 aromatic rings. The normalized spacial score (nSPS) is 12.1. The first-order valence-corrected chi connectivity index (χ1v) is 23.7. The van der Waals surface area contributed by atoms with Gasteiger partial charge in [0.05, 0.1) is 26.7 Å². The van der Waals surface area contributed by atoms with Crippen LogP contribution in [0.3, 0.4) is 0 Å². The molecular weight excluding hydrogens is 630 g/mol. The topological polar surface area (TPSA) is 27.7 Å². The Morgan fingerprint density at radius 1 is 0.333 bits per heavy atom. The molecule has 0 heterocycles. The molecule has 0 aromatic heterocycles.